The van der Waals surface area contributed by atoms with E-state index in [9.17, 15) is 0 Å². The van der Waals surface area contributed by atoms with Crippen molar-refractivity contribution in [2.45, 2.75) is 5.66 Å². The summed E-state index contributed by atoms with van der Waals surface area (Å²) in [7, 11) is 0. The number of hydrogen-bond acceptors (Lipinski definition) is 2. The van der Waals surface area contributed by atoms with E-state index in [0.29, 0.717) is 0 Å². The maximum atomic E-state index is 6.97. The van der Waals surface area contributed by atoms with Crippen LogP contribution in [0.25, 0.3) is 76.8 Å². The van der Waals surface area contributed by atoms with Crippen LogP contribution in [0.5, 0.6) is 11.5 Å². The highest BCUT2D eigenvalue weighted by atomic mass is 16.5. The molecule has 1 atom stereocenters. The van der Waals surface area contributed by atoms with Gasteiger partial charge in [0.2, 0.25) is 0 Å². The van der Waals surface area contributed by atoms with Crippen LogP contribution >= 0.6 is 0 Å². The minimum atomic E-state index is -0.732. The van der Waals surface area contributed by atoms with E-state index in [1.807, 2.05) is 6.20 Å². The van der Waals surface area contributed by atoms with E-state index in [2.05, 4.69) is 128 Å². The fourth-order valence-corrected chi connectivity index (χ4v) is 9.28. The molecule has 3 aliphatic heterocycles. The van der Waals surface area contributed by atoms with Gasteiger partial charge in [0.25, 0.3) is 11.5 Å². The smallest absolute Gasteiger partial charge is 0.321 e. The number of hydrogen-bond donors (Lipinski definition) is 0. The third-order valence-electron chi connectivity index (χ3n) is 10.7. The molecule has 0 fully saturated rings. The zero-order valence-electron chi connectivity index (χ0n) is 23.1. The minimum Gasteiger partial charge on any atom is -0.456 e. The molecular formula is C38H19N5O+2. The SMILES string of the molecule is c1cc[n+]2c(c1)-n1c3ccccc3c3ccc4c(c31)C21c2c(ccc3c5nccc6ccc7c8ccc[n+]1c8n(c23)c7c65)O4. The zero-order valence-corrected chi connectivity index (χ0v) is 23.1. The van der Waals surface area contributed by atoms with E-state index in [-0.39, 0.29) is 0 Å². The van der Waals surface area contributed by atoms with Crippen LogP contribution in [0, 0.1) is 0 Å². The van der Waals surface area contributed by atoms with Crippen molar-refractivity contribution in [1.82, 2.24) is 14.0 Å². The Labute approximate surface area is 248 Å². The largest absolute Gasteiger partial charge is 0.456 e. The normalized spacial score (nSPS) is 17.4. The first-order valence-corrected chi connectivity index (χ1v) is 15.1. The maximum Gasteiger partial charge on any atom is 0.321 e. The van der Waals surface area contributed by atoms with Crippen LogP contribution < -0.4 is 13.9 Å². The summed E-state index contributed by atoms with van der Waals surface area (Å²) in [5, 5.41) is 8.53. The van der Waals surface area contributed by atoms with Crippen LogP contribution in [0.15, 0.2) is 116 Å². The van der Waals surface area contributed by atoms with E-state index in [1.54, 1.807) is 0 Å². The molecule has 6 heteroatoms. The van der Waals surface area contributed by atoms with Crippen molar-refractivity contribution >= 4 is 70.9 Å². The Morgan fingerprint density at radius 2 is 1.39 bits per heavy atom. The molecule has 6 aromatic heterocycles. The van der Waals surface area contributed by atoms with Gasteiger partial charge in [-0.25, -0.2) is 0 Å². The van der Waals surface area contributed by atoms with E-state index in [1.165, 1.54) is 65.6 Å². The average Bonchev–Trinajstić information content (AvgIpc) is 3.61. The highest BCUT2D eigenvalue weighted by Gasteiger charge is 2.63. The van der Waals surface area contributed by atoms with Gasteiger partial charge in [0.1, 0.15) is 28.1 Å². The van der Waals surface area contributed by atoms with E-state index in [0.717, 1.165) is 33.8 Å². The first-order chi connectivity index (χ1) is 21.9. The van der Waals surface area contributed by atoms with Gasteiger partial charge in [-0.1, -0.05) is 24.3 Å². The van der Waals surface area contributed by atoms with Crippen LogP contribution in [0.2, 0.25) is 0 Å². The predicted molar refractivity (Wildman–Crippen MR) is 169 cm³/mol. The van der Waals surface area contributed by atoms with Crippen LogP contribution in [-0.2, 0) is 5.66 Å². The molecule has 10 aromatic rings. The lowest BCUT2D eigenvalue weighted by Crippen LogP contribution is -2.78. The number of pyridine rings is 4. The van der Waals surface area contributed by atoms with Gasteiger partial charge in [0.05, 0.1) is 28.7 Å². The van der Waals surface area contributed by atoms with Crippen molar-refractivity contribution in [3.8, 4) is 17.3 Å². The number of ether oxygens (including phenoxy) is 1. The number of nitrogens with zero attached hydrogens (tertiary/aromatic N) is 5. The van der Waals surface area contributed by atoms with Crippen LogP contribution in [0.4, 0.5) is 0 Å². The number of benzene rings is 4. The quantitative estimate of drug-likeness (QED) is 0.113. The summed E-state index contributed by atoms with van der Waals surface area (Å²) in [5.41, 5.74) is 8.60. The van der Waals surface area contributed by atoms with E-state index < -0.39 is 5.66 Å². The molecule has 0 radical (unpaired) electrons. The van der Waals surface area contributed by atoms with Gasteiger partial charge >= 0.3 is 5.66 Å². The summed E-state index contributed by atoms with van der Waals surface area (Å²) >= 11 is 0. The molecular weight excluding hydrogens is 542 g/mol. The first kappa shape index (κ1) is 20.8. The molecule has 9 heterocycles. The fraction of sp³-hybridized carbons (Fsp3) is 0.0263. The van der Waals surface area contributed by atoms with Crippen molar-refractivity contribution in [2.24, 2.45) is 0 Å². The number of rotatable bonds is 0. The van der Waals surface area contributed by atoms with Crippen LogP contribution in [-0.4, -0.2) is 14.0 Å². The van der Waals surface area contributed by atoms with E-state index in [4.69, 9.17) is 9.72 Å². The molecule has 3 aliphatic rings. The van der Waals surface area contributed by atoms with Gasteiger partial charge in [0.15, 0.2) is 16.6 Å². The van der Waals surface area contributed by atoms with Gasteiger partial charge in [-0.05, 0) is 72.1 Å². The van der Waals surface area contributed by atoms with Crippen molar-refractivity contribution in [1.29, 1.82) is 0 Å². The molecule has 0 bridgehead atoms. The summed E-state index contributed by atoms with van der Waals surface area (Å²) in [4.78, 5) is 5.05. The van der Waals surface area contributed by atoms with Gasteiger partial charge in [-0.2, -0.15) is 18.1 Å². The molecule has 4 aromatic carbocycles. The second-order valence-electron chi connectivity index (χ2n) is 12.4. The molecule has 0 amide bonds. The Bertz CT molecular complexity index is 3040. The van der Waals surface area contributed by atoms with E-state index >= 15 is 0 Å². The highest BCUT2D eigenvalue weighted by molar-refractivity contribution is 6.27. The number of aromatic nitrogens is 5. The van der Waals surface area contributed by atoms with Crippen LogP contribution in [0.3, 0.4) is 0 Å². The third-order valence-corrected chi connectivity index (χ3v) is 10.7. The van der Waals surface area contributed by atoms with Gasteiger partial charge in [-0.3, -0.25) is 4.98 Å². The molecule has 0 aliphatic carbocycles. The lowest BCUT2D eigenvalue weighted by Gasteiger charge is -2.40. The first-order valence-electron chi connectivity index (χ1n) is 15.1. The van der Waals surface area contributed by atoms with Crippen molar-refractivity contribution < 1.29 is 13.9 Å². The number of fused-ring (bicyclic) bond motifs is 7. The monoisotopic (exact) mass is 561 g/mol. The molecule has 6 nitrogen and oxygen atoms in total. The molecule has 200 valence electrons. The van der Waals surface area contributed by atoms with Gasteiger partial charge < -0.3 is 4.74 Å². The minimum absolute atomic E-state index is 0.732. The Morgan fingerprint density at radius 3 is 2.34 bits per heavy atom. The van der Waals surface area contributed by atoms with Crippen molar-refractivity contribution in [3.05, 3.63) is 127 Å². The zero-order chi connectivity index (χ0) is 28.1. The molecule has 44 heavy (non-hydrogen) atoms. The molecule has 1 spiro atoms. The molecule has 0 saturated carbocycles. The van der Waals surface area contributed by atoms with Crippen molar-refractivity contribution in [2.75, 3.05) is 0 Å². The van der Waals surface area contributed by atoms with Gasteiger partial charge in [0, 0.05) is 33.8 Å². The topological polar surface area (TPSA) is 39.2 Å². The highest BCUT2D eigenvalue weighted by Crippen LogP contribution is 2.56. The predicted octanol–water partition coefficient (Wildman–Crippen LogP) is 7.09. The average molecular weight is 562 g/mol. The van der Waals surface area contributed by atoms with Crippen molar-refractivity contribution in [3.63, 3.8) is 0 Å². The summed E-state index contributed by atoms with van der Waals surface area (Å²) in [6, 6.07) is 35.3. The molecule has 1 unspecified atom stereocenters. The Hall–Kier alpha value is -6.01. The summed E-state index contributed by atoms with van der Waals surface area (Å²) < 4.78 is 16.9. The molecule has 13 rings (SSSR count). The Balaban J connectivity index is 1.42. The lowest BCUT2D eigenvalue weighted by atomic mass is 9.81. The summed E-state index contributed by atoms with van der Waals surface area (Å²) in [6.45, 7) is 0. The standard InChI is InChI=1S/C38H19N5O/c1-2-8-26-21(6-1)22-12-14-27-31-35(22)42(26)29-9-3-4-18-40(29)38(31)32-28(44-27)15-13-25-33-30-20(16-17-39-33)10-11-23-24-7-5-19-41(38)37(24)43(34(23)30)36(25)32/h1-19H/q+2. The summed E-state index contributed by atoms with van der Waals surface area (Å²) in [5.74, 6) is 2.90. The maximum absolute atomic E-state index is 6.97. The Morgan fingerprint density at radius 1 is 0.614 bits per heavy atom. The van der Waals surface area contributed by atoms with Crippen LogP contribution in [0.1, 0.15) is 11.1 Å². The van der Waals surface area contributed by atoms with Gasteiger partial charge in [-0.15, -0.1) is 0 Å². The third kappa shape index (κ3) is 1.83. The second-order valence-corrected chi connectivity index (χ2v) is 12.4. The lowest BCUT2D eigenvalue weighted by molar-refractivity contribution is -0.960. The number of para-hydroxylation sites is 1. The fourth-order valence-electron chi connectivity index (χ4n) is 9.28. The molecule has 0 saturated heterocycles. The Kier molecular flexibility index (Phi) is 2.99. The molecule has 0 N–H and O–H groups in total. The second kappa shape index (κ2) is 6.33. The summed E-state index contributed by atoms with van der Waals surface area (Å²) in [6.07, 6.45) is 6.48.